The van der Waals surface area contributed by atoms with Crippen LogP contribution >= 0.6 is 0 Å². The zero-order valence-electron chi connectivity index (χ0n) is 14.7. The van der Waals surface area contributed by atoms with Crippen LogP contribution in [0.4, 0.5) is 4.39 Å². The summed E-state index contributed by atoms with van der Waals surface area (Å²) in [5, 5.41) is 8.25. The quantitative estimate of drug-likeness (QED) is 0.716. The normalized spacial score (nSPS) is 13.2. The van der Waals surface area contributed by atoms with Gasteiger partial charge in [-0.2, -0.15) is 0 Å². The first-order valence-electron chi connectivity index (χ1n) is 8.23. The van der Waals surface area contributed by atoms with Gasteiger partial charge in [-0.3, -0.25) is 13.8 Å². The highest BCUT2D eigenvalue weighted by atomic mass is 32.2. The molecule has 4 nitrogen and oxygen atoms in total. The van der Waals surface area contributed by atoms with Crippen molar-refractivity contribution in [1.29, 1.82) is 0 Å². The molecule has 0 fully saturated rings. The van der Waals surface area contributed by atoms with E-state index in [0.29, 0.717) is 12.0 Å². The third-order valence-electron chi connectivity index (χ3n) is 4.16. The van der Waals surface area contributed by atoms with Crippen molar-refractivity contribution in [2.45, 2.75) is 31.9 Å². The summed E-state index contributed by atoms with van der Waals surface area (Å²) in [5.74, 6) is -2.45. The van der Waals surface area contributed by atoms with Crippen molar-refractivity contribution in [3.63, 3.8) is 0 Å². The van der Waals surface area contributed by atoms with Gasteiger partial charge in [0.25, 0.3) is 0 Å². The number of ketones is 1. The highest BCUT2D eigenvalue weighted by molar-refractivity contribution is 7.87. The molecule has 0 heterocycles. The highest BCUT2D eigenvalue weighted by Gasteiger charge is 2.26. The van der Waals surface area contributed by atoms with Gasteiger partial charge >= 0.3 is 5.97 Å². The molecule has 0 bridgehead atoms. The van der Waals surface area contributed by atoms with Gasteiger partial charge < -0.3 is 5.11 Å². The maximum atomic E-state index is 13.3. The first-order chi connectivity index (χ1) is 12.3. The SMILES string of the molecule is Cc1ccc(CCC(C(=O)O)S(=O)CC(=O)c2ccc(F)c(C)c2)cc1. The molecule has 26 heavy (non-hydrogen) atoms. The molecule has 2 unspecified atom stereocenters. The Morgan fingerprint density at radius 3 is 2.35 bits per heavy atom. The summed E-state index contributed by atoms with van der Waals surface area (Å²) in [7, 11) is -1.85. The lowest BCUT2D eigenvalue weighted by Gasteiger charge is -2.12. The maximum Gasteiger partial charge on any atom is 0.319 e. The van der Waals surface area contributed by atoms with E-state index in [0.717, 1.165) is 11.1 Å². The topological polar surface area (TPSA) is 71.4 Å². The van der Waals surface area contributed by atoms with Gasteiger partial charge in [0.05, 0.1) is 5.75 Å². The molecule has 2 rings (SSSR count). The zero-order valence-corrected chi connectivity index (χ0v) is 15.5. The summed E-state index contributed by atoms with van der Waals surface area (Å²) in [6, 6.07) is 11.6. The molecule has 0 radical (unpaired) electrons. The molecule has 1 N–H and O–H groups in total. The molecule has 0 saturated heterocycles. The van der Waals surface area contributed by atoms with Gasteiger partial charge in [0.15, 0.2) is 5.78 Å². The van der Waals surface area contributed by atoms with Crippen LogP contribution in [-0.2, 0) is 22.0 Å². The van der Waals surface area contributed by atoms with E-state index in [9.17, 15) is 23.3 Å². The molecule has 0 spiro atoms. The molecule has 0 aliphatic heterocycles. The molecular weight excluding hydrogens is 355 g/mol. The third-order valence-corrected chi connectivity index (χ3v) is 5.78. The van der Waals surface area contributed by atoms with Gasteiger partial charge in [0.1, 0.15) is 11.1 Å². The fourth-order valence-corrected chi connectivity index (χ4v) is 3.78. The summed E-state index contributed by atoms with van der Waals surface area (Å²) in [5.41, 5.74) is 2.61. The number of hydrogen-bond donors (Lipinski definition) is 1. The van der Waals surface area contributed by atoms with Gasteiger partial charge in [-0.1, -0.05) is 29.8 Å². The number of Topliss-reactive ketones (excluding diaryl/α,β-unsaturated/α-hetero) is 1. The number of carbonyl (C=O) groups excluding carboxylic acids is 1. The van der Waals surface area contributed by atoms with Crippen molar-refractivity contribution < 1.29 is 23.3 Å². The van der Waals surface area contributed by atoms with Crippen LogP contribution in [0.25, 0.3) is 0 Å². The van der Waals surface area contributed by atoms with E-state index in [1.807, 2.05) is 31.2 Å². The van der Waals surface area contributed by atoms with Crippen LogP contribution in [0.15, 0.2) is 42.5 Å². The molecule has 6 heteroatoms. The molecule has 0 aliphatic rings. The summed E-state index contributed by atoms with van der Waals surface area (Å²) in [4.78, 5) is 23.7. The number of aliphatic carboxylic acids is 1. The van der Waals surface area contributed by atoms with Crippen LogP contribution in [0.5, 0.6) is 0 Å². The average Bonchev–Trinajstić information content (AvgIpc) is 2.58. The van der Waals surface area contributed by atoms with Gasteiger partial charge in [0, 0.05) is 16.4 Å². The Labute approximate surface area is 154 Å². The maximum absolute atomic E-state index is 13.3. The summed E-state index contributed by atoms with van der Waals surface area (Å²) in [6.07, 6.45) is 0.646. The van der Waals surface area contributed by atoms with Crippen LogP contribution in [0, 0.1) is 19.7 Å². The minimum Gasteiger partial charge on any atom is -0.480 e. The van der Waals surface area contributed by atoms with Gasteiger partial charge in [-0.05, 0) is 56.0 Å². The number of carboxylic acid groups (broad SMARTS) is 1. The molecular formula is C20H21FO4S. The second-order valence-electron chi connectivity index (χ2n) is 6.26. The smallest absolute Gasteiger partial charge is 0.319 e. The number of hydrogen-bond acceptors (Lipinski definition) is 3. The lowest BCUT2D eigenvalue weighted by Crippen LogP contribution is -2.30. The molecule has 2 aromatic carbocycles. The minimum absolute atomic E-state index is 0.181. The number of halogens is 1. The molecule has 138 valence electrons. The largest absolute Gasteiger partial charge is 0.480 e. The predicted octanol–water partition coefficient (Wildman–Crippen LogP) is 3.46. The number of carboxylic acids is 1. The van der Waals surface area contributed by atoms with Crippen LogP contribution in [0.1, 0.15) is 33.5 Å². The first-order valence-corrected chi connectivity index (χ1v) is 9.61. The Morgan fingerprint density at radius 2 is 1.77 bits per heavy atom. The third kappa shape index (κ3) is 5.33. The van der Waals surface area contributed by atoms with Crippen LogP contribution in [0.3, 0.4) is 0 Å². The standard InChI is InChI=1S/C20H21FO4S/c1-13-3-5-15(6-4-13)7-10-19(20(23)24)26(25)12-18(22)16-8-9-17(21)14(2)11-16/h3-6,8-9,11,19H,7,10,12H2,1-2H3,(H,23,24). The Morgan fingerprint density at radius 1 is 1.12 bits per heavy atom. The fraction of sp³-hybridized carbons (Fsp3) is 0.300. The van der Waals surface area contributed by atoms with Crippen LogP contribution in [-0.4, -0.2) is 32.1 Å². The van der Waals surface area contributed by atoms with Crippen molar-refractivity contribution in [3.8, 4) is 0 Å². The first kappa shape index (κ1) is 20.0. The van der Waals surface area contributed by atoms with E-state index in [1.165, 1.54) is 25.1 Å². The Balaban J connectivity index is 2.03. The lowest BCUT2D eigenvalue weighted by atomic mass is 10.1. The van der Waals surface area contributed by atoms with E-state index < -0.39 is 39.4 Å². The molecule has 0 amide bonds. The van der Waals surface area contributed by atoms with Crippen molar-refractivity contribution in [1.82, 2.24) is 0 Å². The molecule has 2 aromatic rings. The van der Waals surface area contributed by atoms with E-state index in [4.69, 9.17) is 0 Å². The average molecular weight is 376 g/mol. The Bertz CT molecular complexity index is 830. The van der Waals surface area contributed by atoms with Crippen molar-refractivity contribution in [2.24, 2.45) is 0 Å². The van der Waals surface area contributed by atoms with Crippen LogP contribution < -0.4 is 0 Å². The number of carbonyl (C=O) groups is 2. The molecule has 0 aromatic heterocycles. The number of benzene rings is 2. The van der Waals surface area contributed by atoms with E-state index in [-0.39, 0.29) is 12.0 Å². The molecule has 2 atom stereocenters. The second kappa shape index (κ2) is 8.85. The zero-order chi connectivity index (χ0) is 19.3. The number of rotatable bonds is 8. The molecule has 0 saturated carbocycles. The summed E-state index contributed by atoms with van der Waals surface area (Å²) < 4.78 is 25.7. The fourth-order valence-electron chi connectivity index (χ4n) is 2.55. The molecule has 0 aliphatic carbocycles. The van der Waals surface area contributed by atoms with E-state index >= 15 is 0 Å². The highest BCUT2D eigenvalue weighted by Crippen LogP contribution is 2.14. The predicted molar refractivity (Wildman–Crippen MR) is 99.4 cm³/mol. The van der Waals surface area contributed by atoms with Crippen molar-refractivity contribution in [2.75, 3.05) is 5.75 Å². The second-order valence-corrected chi connectivity index (χ2v) is 7.88. The van der Waals surface area contributed by atoms with Crippen LogP contribution in [0.2, 0.25) is 0 Å². The van der Waals surface area contributed by atoms with Gasteiger partial charge in [-0.15, -0.1) is 0 Å². The lowest BCUT2D eigenvalue weighted by molar-refractivity contribution is -0.136. The monoisotopic (exact) mass is 376 g/mol. The summed E-state index contributed by atoms with van der Waals surface area (Å²) >= 11 is 0. The number of aryl methyl sites for hydroxylation is 3. The Hall–Kier alpha value is -2.34. The summed E-state index contributed by atoms with van der Waals surface area (Å²) in [6.45, 7) is 3.49. The van der Waals surface area contributed by atoms with Crippen molar-refractivity contribution in [3.05, 3.63) is 70.5 Å². The van der Waals surface area contributed by atoms with E-state index in [2.05, 4.69) is 0 Å². The Kier molecular flexibility index (Phi) is 6.80. The minimum atomic E-state index is -1.85. The van der Waals surface area contributed by atoms with E-state index in [1.54, 1.807) is 0 Å². The van der Waals surface area contributed by atoms with Gasteiger partial charge in [0.2, 0.25) is 0 Å². The van der Waals surface area contributed by atoms with Crippen molar-refractivity contribution >= 4 is 22.6 Å². The van der Waals surface area contributed by atoms with Gasteiger partial charge in [-0.25, -0.2) is 4.39 Å².